The Morgan fingerprint density at radius 1 is 1.40 bits per heavy atom. The van der Waals surface area contributed by atoms with E-state index in [0.717, 1.165) is 7.11 Å². The highest BCUT2D eigenvalue weighted by atomic mass is 19.1. The molecule has 0 atom stereocenters. The van der Waals surface area contributed by atoms with Gasteiger partial charge in [0.2, 0.25) is 0 Å². The lowest BCUT2D eigenvalue weighted by Crippen LogP contribution is -2.08. The summed E-state index contributed by atoms with van der Waals surface area (Å²) in [6, 6.07) is 0.907. The van der Waals surface area contributed by atoms with Gasteiger partial charge in [0.1, 0.15) is 17.2 Å². The van der Waals surface area contributed by atoms with Crippen molar-refractivity contribution in [3.8, 4) is 0 Å². The van der Waals surface area contributed by atoms with Gasteiger partial charge in [-0.05, 0) is 0 Å². The number of ether oxygens (including phenoxy) is 1. The third kappa shape index (κ3) is 2.06. The van der Waals surface area contributed by atoms with Crippen molar-refractivity contribution in [2.24, 2.45) is 0 Å². The van der Waals surface area contributed by atoms with Crippen LogP contribution in [-0.4, -0.2) is 18.0 Å². The van der Waals surface area contributed by atoms with Crippen LogP contribution in [-0.2, 0) is 4.74 Å². The molecule has 0 saturated heterocycles. The molecule has 80 valence electrons. The molecule has 1 rings (SSSR count). The zero-order valence-corrected chi connectivity index (χ0v) is 7.49. The summed E-state index contributed by atoms with van der Waals surface area (Å²) in [5.41, 5.74) is -1.71. The number of hydrogen-bond acceptors (Lipinski definition) is 4. The van der Waals surface area contributed by atoms with E-state index in [1.54, 1.807) is 0 Å². The van der Waals surface area contributed by atoms with E-state index in [4.69, 9.17) is 0 Å². The van der Waals surface area contributed by atoms with Gasteiger partial charge in [0.25, 0.3) is 5.69 Å². The fourth-order valence-corrected chi connectivity index (χ4v) is 0.962. The van der Waals surface area contributed by atoms with Gasteiger partial charge in [0, 0.05) is 0 Å². The molecule has 0 aliphatic carbocycles. The van der Waals surface area contributed by atoms with Crippen molar-refractivity contribution >= 4 is 11.7 Å². The van der Waals surface area contributed by atoms with Crippen LogP contribution >= 0.6 is 0 Å². The van der Waals surface area contributed by atoms with Crippen molar-refractivity contribution in [3.05, 3.63) is 39.4 Å². The molecule has 1 aromatic rings. The first-order valence-electron chi connectivity index (χ1n) is 3.69. The van der Waals surface area contributed by atoms with E-state index in [0.29, 0.717) is 12.1 Å². The number of non-ortho nitro benzene ring substituents is 1. The number of carbonyl (C=O) groups is 1. The van der Waals surface area contributed by atoms with Crippen LogP contribution < -0.4 is 0 Å². The molecule has 0 radical (unpaired) electrons. The van der Waals surface area contributed by atoms with E-state index < -0.39 is 33.8 Å². The molecule has 0 saturated carbocycles. The van der Waals surface area contributed by atoms with Crippen LogP contribution in [0.3, 0.4) is 0 Å². The monoisotopic (exact) mass is 217 g/mol. The topological polar surface area (TPSA) is 69.4 Å². The van der Waals surface area contributed by atoms with Gasteiger partial charge < -0.3 is 4.74 Å². The van der Waals surface area contributed by atoms with Crippen molar-refractivity contribution in [2.45, 2.75) is 0 Å². The minimum absolute atomic E-state index is 0.454. The molecule has 0 spiro atoms. The molecule has 0 amide bonds. The van der Waals surface area contributed by atoms with Crippen LogP contribution in [0.15, 0.2) is 12.1 Å². The van der Waals surface area contributed by atoms with Crippen LogP contribution in [0.1, 0.15) is 10.4 Å². The molecule has 0 aliphatic rings. The van der Waals surface area contributed by atoms with Crippen LogP contribution in [0.5, 0.6) is 0 Å². The first kappa shape index (κ1) is 11.0. The molecule has 0 aliphatic heterocycles. The first-order chi connectivity index (χ1) is 6.97. The van der Waals surface area contributed by atoms with Crippen molar-refractivity contribution in [1.82, 2.24) is 0 Å². The fourth-order valence-electron chi connectivity index (χ4n) is 0.962. The standard InChI is InChI=1S/C8H5F2NO4/c1-15-8(12)7-5(9)2-4(11(13)14)3-6(7)10/h2-3H,1H3. The number of methoxy groups -OCH3 is 1. The molecule has 0 N–H and O–H groups in total. The summed E-state index contributed by atoms with van der Waals surface area (Å²) in [7, 11) is 0.947. The summed E-state index contributed by atoms with van der Waals surface area (Å²) in [5, 5.41) is 10.2. The molecule has 15 heavy (non-hydrogen) atoms. The predicted octanol–water partition coefficient (Wildman–Crippen LogP) is 1.66. The maximum atomic E-state index is 13.1. The third-order valence-corrected chi connectivity index (χ3v) is 1.63. The number of hydrogen-bond donors (Lipinski definition) is 0. The Kier molecular flexibility index (Phi) is 2.93. The number of benzene rings is 1. The molecular weight excluding hydrogens is 212 g/mol. The van der Waals surface area contributed by atoms with E-state index in [9.17, 15) is 23.7 Å². The Bertz CT molecular complexity index is 410. The highest BCUT2D eigenvalue weighted by Gasteiger charge is 2.22. The minimum Gasteiger partial charge on any atom is -0.465 e. The smallest absolute Gasteiger partial charge is 0.343 e. The predicted molar refractivity (Wildman–Crippen MR) is 44.4 cm³/mol. The lowest BCUT2D eigenvalue weighted by molar-refractivity contribution is -0.385. The second-order valence-electron chi connectivity index (χ2n) is 2.53. The van der Waals surface area contributed by atoms with Gasteiger partial charge in [0.15, 0.2) is 0 Å². The number of halogens is 2. The molecule has 7 heteroatoms. The quantitative estimate of drug-likeness (QED) is 0.429. The third-order valence-electron chi connectivity index (χ3n) is 1.63. The van der Waals surface area contributed by atoms with E-state index in [1.807, 2.05) is 0 Å². The normalized spacial score (nSPS) is 9.80. The molecule has 5 nitrogen and oxygen atoms in total. The van der Waals surface area contributed by atoms with Crippen molar-refractivity contribution in [3.63, 3.8) is 0 Å². The van der Waals surface area contributed by atoms with Gasteiger partial charge in [-0.1, -0.05) is 0 Å². The largest absolute Gasteiger partial charge is 0.465 e. The number of esters is 1. The molecule has 0 unspecified atom stereocenters. The Balaban J connectivity index is 3.33. The molecule has 0 fully saturated rings. The summed E-state index contributed by atoms with van der Waals surface area (Å²) < 4.78 is 30.2. The van der Waals surface area contributed by atoms with Crippen LogP contribution in [0, 0.1) is 21.7 Å². The number of nitrogens with zero attached hydrogens (tertiary/aromatic N) is 1. The van der Waals surface area contributed by atoms with Crippen molar-refractivity contribution in [1.29, 1.82) is 0 Å². The maximum Gasteiger partial charge on any atom is 0.343 e. The average Bonchev–Trinajstić information content (AvgIpc) is 2.16. The van der Waals surface area contributed by atoms with Gasteiger partial charge in [-0.3, -0.25) is 10.1 Å². The van der Waals surface area contributed by atoms with Gasteiger partial charge >= 0.3 is 5.97 Å². The first-order valence-corrected chi connectivity index (χ1v) is 3.69. The highest BCUT2D eigenvalue weighted by molar-refractivity contribution is 5.90. The van der Waals surface area contributed by atoms with Crippen LogP contribution in [0.4, 0.5) is 14.5 Å². The second kappa shape index (κ2) is 3.99. The second-order valence-corrected chi connectivity index (χ2v) is 2.53. The summed E-state index contributed by atoms with van der Waals surface area (Å²) in [5.74, 6) is -3.87. The average molecular weight is 217 g/mol. The lowest BCUT2D eigenvalue weighted by Gasteiger charge is -2.02. The molecule has 1 aromatic carbocycles. The van der Waals surface area contributed by atoms with E-state index in [2.05, 4.69) is 4.74 Å². The number of rotatable bonds is 2. The number of nitro groups is 1. The number of nitro benzene ring substituents is 1. The lowest BCUT2D eigenvalue weighted by atomic mass is 10.2. The van der Waals surface area contributed by atoms with Gasteiger partial charge in [-0.15, -0.1) is 0 Å². The Labute approximate surface area is 82.4 Å². The SMILES string of the molecule is COC(=O)c1c(F)cc([N+](=O)[O-])cc1F. The van der Waals surface area contributed by atoms with Crippen LogP contribution in [0.25, 0.3) is 0 Å². The minimum atomic E-state index is -1.33. The van der Waals surface area contributed by atoms with E-state index in [-0.39, 0.29) is 0 Å². The zero-order valence-electron chi connectivity index (χ0n) is 7.49. The highest BCUT2D eigenvalue weighted by Crippen LogP contribution is 2.20. The molecule has 0 bridgehead atoms. The van der Waals surface area contributed by atoms with Gasteiger partial charge in [-0.2, -0.15) is 0 Å². The Morgan fingerprint density at radius 3 is 2.20 bits per heavy atom. The molecular formula is C8H5F2NO4. The maximum absolute atomic E-state index is 13.1. The van der Waals surface area contributed by atoms with E-state index >= 15 is 0 Å². The van der Waals surface area contributed by atoms with Gasteiger partial charge in [0.05, 0.1) is 24.2 Å². The summed E-state index contributed by atoms with van der Waals surface area (Å²) in [4.78, 5) is 20.1. The summed E-state index contributed by atoms with van der Waals surface area (Å²) >= 11 is 0. The Hall–Kier alpha value is -2.05. The van der Waals surface area contributed by atoms with Crippen molar-refractivity contribution < 1.29 is 23.2 Å². The molecule has 0 heterocycles. The van der Waals surface area contributed by atoms with Gasteiger partial charge in [-0.25, -0.2) is 13.6 Å². The molecule has 0 aromatic heterocycles. The summed E-state index contributed by atoms with van der Waals surface area (Å²) in [6.07, 6.45) is 0. The fraction of sp³-hybridized carbons (Fsp3) is 0.125. The van der Waals surface area contributed by atoms with Crippen molar-refractivity contribution in [2.75, 3.05) is 7.11 Å². The Morgan fingerprint density at radius 2 is 1.87 bits per heavy atom. The summed E-state index contributed by atoms with van der Waals surface area (Å²) in [6.45, 7) is 0. The number of carbonyl (C=O) groups excluding carboxylic acids is 1. The zero-order chi connectivity index (χ0) is 11.6. The van der Waals surface area contributed by atoms with Crippen LogP contribution in [0.2, 0.25) is 0 Å². The van der Waals surface area contributed by atoms with E-state index in [1.165, 1.54) is 0 Å².